The van der Waals surface area contributed by atoms with Gasteiger partial charge in [-0.2, -0.15) is 0 Å². The second-order valence-electron chi connectivity index (χ2n) is 7.65. The lowest BCUT2D eigenvalue weighted by Gasteiger charge is -2.38. The van der Waals surface area contributed by atoms with E-state index in [1.807, 2.05) is 30.3 Å². The van der Waals surface area contributed by atoms with Crippen molar-refractivity contribution in [3.8, 4) is 0 Å². The number of hydrogen-bond donors (Lipinski definition) is 0. The van der Waals surface area contributed by atoms with E-state index in [0.717, 1.165) is 37.4 Å². The van der Waals surface area contributed by atoms with Crippen molar-refractivity contribution >= 4 is 28.9 Å². The van der Waals surface area contributed by atoms with E-state index < -0.39 is 5.79 Å². The third-order valence-electron chi connectivity index (χ3n) is 5.89. The normalized spacial score (nSPS) is 27.1. The van der Waals surface area contributed by atoms with Crippen LogP contribution in [0.4, 0.5) is 11.4 Å². The molecule has 3 aliphatic rings. The number of halogens is 1. The molecule has 0 unspecified atom stereocenters. The van der Waals surface area contributed by atoms with Gasteiger partial charge in [0.05, 0.1) is 30.9 Å². The Kier molecular flexibility index (Phi) is 4.95. The standard InChI is InChI=1S/C22H24ClN3O3/c23-14-18-15-28-22(29-18)19-8-4-5-9-20(19)26(21(22)27)16-24-10-12-25(13-11-24)17-6-2-1-3-7-17/h1-9,18H,10-16H2/t18-,22-/m1/s1. The number of carbonyl (C=O) groups is 1. The second kappa shape index (κ2) is 7.61. The van der Waals surface area contributed by atoms with Gasteiger partial charge in [-0.25, -0.2) is 0 Å². The number of piperazine rings is 1. The molecule has 2 aromatic rings. The van der Waals surface area contributed by atoms with Gasteiger partial charge in [-0.1, -0.05) is 36.4 Å². The van der Waals surface area contributed by atoms with Crippen LogP contribution in [-0.2, 0) is 20.1 Å². The van der Waals surface area contributed by atoms with Crippen molar-refractivity contribution in [2.45, 2.75) is 11.9 Å². The maximum atomic E-state index is 13.4. The van der Waals surface area contributed by atoms with Crippen molar-refractivity contribution < 1.29 is 14.3 Å². The monoisotopic (exact) mass is 413 g/mol. The number of carbonyl (C=O) groups excluding carboxylic acids is 1. The van der Waals surface area contributed by atoms with E-state index >= 15 is 0 Å². The molecule has 3 heterocycles. The molecule has 0 radical (unpaired) electrons. The summed E-state index contributed by atoms with van der Waals surface area (Å²) in [6, 6.07) is 18.2. The van der Waals surface area contributed by atoms with Crippen molar-refractivity contribution in [2.75, 3.05) is 55.1 Å². The average Bonchev–Trinajstić information content (AvgIpc) is 3.32. The molecular formula is C22H24ClN3O3. The summed E-state index contributed by atoms with van der Waals surface area (Å²) < 4.78 is 11.9. The zero-order valence-electron chi connectivity index (χ0n) is 16.2. The first-order valence-electron chi connectivity index (χ1n) is 10.0. The lowest BCUT2D eigenvalue weighted by molar-refractivity contribution is -0.185. The Balaban J connectivity index is 1.32. The number of alkyl halides is 1. The fourth-order valence-corrected chi connectivity index (χ4v) is 4.51. The molecule has 0 aliphatic carbocycles. The van der Waals surface area contributed by atoms with Gasteiger partial charge in [0.15, 0.2) is 0 Å². The van der Waals surface area contributed by atoms with E-state index in [1.165, 1.54) is 5.69 Å². The molecule has 5 rings (SSSR count). The van der Waals surface area contributed by atoms with Gasteiger partial charge in [-0.05, 0) is 18.2 Å². The van der Waals surface area contributed by atoms with Crippen molar-refractivity contribution in [3.05, 3.63) is 60.2 Å². The Labute approximate surface area is 175 Å². The largest absolute Gasteiger partial charge is 0.369 e. The number of benzene rings is 2. The highest BCUT2D eigenvalue weighted by atomic mass is 35.5. The zero-order valence-corrected chi connectivity index (χ0v) is 16.9. The van der Waals surface area contributed by atoms with E-state index in [4.69, 9.17) is 21.1 Å². The molecule has 1 spiro atoms. The van der Waals surface area contributed by atoms with Gasteiger partial charge >= 0.3 is 0 Å². The van der Waals surface area contributed by atoms with Crippen molar-refractivity contribution in [2.24, 2.45) is 0 Å². The van der Waals surface area contributed by atoms with Crippen LogP contribution < -0.4 is 9.80 Å². The van der Waals surface area contributed by atoms with E-state index in [9.17, 15) is 4.79 Å². The number of ether oxygens (including phenoxy) is 2. The Bertz CT molecular complexity index is 888. The number of fused-ring (bicyclic) bond motifs is 2. The first-order chi connectivity index (χ1) is 14.2. The molecule has 2 atom stereocenters. The highest BCUT2D eigenvalue weighted by Gasteiger charge is 2.58. The van der Waals surface area contributed by atoms with Crippen LogP contribution >= 0.6 is 11.6 Å². The highest BCUT2D eigenvalue weighted by Crippen LogP contribution is 2.47. The van der Waals surface area contributed by atoms with Crippen LogP contribution in [0.3, 0.4) is 0 Å². The van der Waals surface area contributed by atoms with Crippen LogP contribution in [0.2, 0.25) is 0 Å². The number of hydrogen-bond acceptors (Lipinski definition) is 5. The molecule has 0 saturated carbocycles. The summed E-state index contributed by atoms with van der Waals surface area (Å²) in [4.78, 5) is 19.9. The van der Waals surface area contributed by atoms with Crippen molar-refractivity contribution in [1.82, 2.24) is 4.90 Å². The minimum Gasteiger partial charge on any atom is -0.369 e. The molecule has 2 fully saturated rings. The molecule has 6 nitrogen and oxygen atoms in total. The van der Waals surface area contributed by atoms with Gasteiger partial charge in [0.1, 0.15) is 0 Å². The summed E-state index contributed by atoms with van der Waals surface area (Å²) in [6.07, 6.45) is -0.275. The van der Waals surface area contributed by atoms with Gasteiger partial charge in [0, 0.05) is 37.4 Å². The minimum atomic E-state index is -1.35. The first kappa shape index (κ1) is 18.9. The Morgan fingerprint density at radius 1 is 1.00 bits per heavy atom. The molecule has 152 valence electrons. The summed E-state index contributed by atoms with van der Waals surface area (Å²) in [5.74, 6) is -1.20. The van der Waals surface area contributed by atoms with E-state index in [-0.39, 0.29) is 12.0 Å². The highest BCUT2D eigenvalue weighted by molar-refractivity contribution is 6.18. The number of rotatable bonds is 4. The van der Waals surface area contributed by atoms with Crippen molar-refractivity contribution in [3.63, 3.8) is 0 Å². The number of amides is 1. The van der Waals surface area contributed by atoms with Crippen LogP contribution in [0, 0.1) is 0 Å². The lowest BCUT2D eigenvalue weighted by atomic mass is 10.1. The smallest absolute Gasteiger partial charge is 0.293 e. The SMILES string of the molecule is O=C1N(CN2CCN(c3ccccc3)CC2)c2ccccc2[C@]12OC[C@@H](CCl)O2. The van der Waals surface area contributed by atoms with Crippen LogP contribution in [0.25, 0.3) is 0 Å². The third-order valence-corrected chi connectivity index (χ3v) is 6.23. The van der Waals surface area contributed by atoms with Crippen LogP contribution in [0.1, 0.15) is 5.56 Å². The summed E-state index contributed by atoms with van der Waals surface area (Å²) in [7, 11) is 0. The maximum Gasteiger partial charge on any atom is 0.293 e. The molecule has 2 saturated heterocycles. The quantitative estimate of drug-likeness (QED) is 0.721. The molecule has 0 bridgehead atoms. The van der Waals surface area contributed by atoms with Gasteiger partial charge in [-0.15, -0.1) is 11.6 Å². The second-order valence-corrected chi connectivity index (χ2v) is 7.96. The maximum absolute atomic E-state index is 13.4. The predicted octanol–water partition coefficient (Wildman–Crippen LogP) is 2.62. The van der Waals surface area contributed by atoms with Gasteiger partial charge in [0.2, 0.25) is 0 Å². The van der Waals surface area contributed by atoms with Gasteiger partial charge < -0.3 is 14.4 Å². The van der Waals surface area contributed by atoms with Crippen LogP contribution in [0.15, 0.2) is 54.6 Å². The van der Waals surface area contributed by atoms with E-state index in [2.05, 4.69) is 34.1 Å². The molecule has 3 aliphatic heterocycles. The Hall–Kier alpha value is -2.12. The summed E-state index contributed by atoms with van der Waals surface area (Å²) in [5.41, 5.74) is 2.88. The van der Waals surface area contributed by atoms with E-state index in [1.54, 1.807) is 4.90 Å². The molecule has 0 N–H and O–H groups in total. The summed E-state index contributed by atoms with van der Waals surface area (Å²) >= 11 is 5.96. The van der Waals surface area contributed by atoms with Gasteiger partial charge in [-0.3, -0.25) is 14.6 Å². The van der Waals surface area contributed by atoms with Crippen molar-refractivity contribution in [1.29, 1.82) is 0 Å². The third kappa shape index (κ3) is 3.20. The molecule has 1 amide bonds. The first-order valence-corrected chi connectivity index (χ1v) is 10.6. The summed E-state index contributed by atoms with van der Waals surface area (Å²) in [6.45, 7) is 4.49. The molecular weight excluding hydrogens is 390 g/mol. The van der Waals surface area contributed by atoms with E-state index in [0.29, 0.717) is 19.2 Å². The molecule has 0 aromatic heterocycles. The summed E-state index contributed by atoms with van der Waals surface area (Å²) in [5, 5.41) is 0. The average molecular weight is 414 g/mol. The van der Waals surface area contributed by atoms with Crippen LogP contribution in [0.5, 0.6) is 0 Å². The number of para-hydroxylation sites is 2. The molecule has 29 heavy (non-hydrogen) atoms. The molecule has 2 aromatic carbocycles. The number of nitrogens with zero attached hydrogens (tertiary/aromatic N) is 3. The molecule has 7 heteroatoms. The fraction of sp³-hybridized carbons (Fsp3) is 0.409. The topological polar surface area (TPSA) is 45.3 Å². The minimum absolute atomic E-state index is 0.156. The van der Waals surface area contributed by atoms with Crippen LogP contribution in [-0.4, -0.2) is 62.2 Å². The predicted molar refractivity (Wildman–Crippen MR) is 112 cm³/mol. The fourth-order valence-electron chi connectivity index (χ4n) is 4.36. The number of anilines is 2. The Morgan fingerprint density at radius 3 is 2.45 bits per heavy atom. The zero-order chi connectivity index (χ0) is 19.8. The lowest BCUT2D eigenvalue weighted by Crippen LogP contribution is -2.52. The van der Waals surface area contributed by atoms with Gasteiger partial charge in [0.25, 0.3) is 11.7 Å². The Morgan fingerprint density at radius 2 is 1.72 bits per heavy atom.